The van der Waals surface area contributed by atoms with Crippen molar-refractivity contribution in [2.75, 3.05) is 13.7 Å². The molecule has 5 nitrogen and oxygen atoms in total. The number of amides is 1. The number of benzene rings is 2. The summed E-state index contributed by atoms with van der Waals surface area (Å²) in [5.74, 6) is -1.74. The van der Waals surface area contributed by atoms with E-state index in [1.807, 2.05) is 54.6 Å². The van der Waals surface area contributed by atoms with Gasteiger partial charge in [0.15, 0.2) is 0 Å². The molecule has 0 aliphatic heterocycles. The fourth-order valence-electron chi connectivity index (χ4n) is 2.63. The number of methoxy groups -OCH3 is 1. The molecule has 2 aromatic carbocycles. The van der Waals surface area contributed by atoms with Gasteiger partial charge in [-0.15, -0.1) is 0 Å². The molecule has 2 N–H and O–H groups in total. The first-order valence-corrected chi connectivity index (χ1v) is 8.18. The topological polar surface area (TPSA) is 75.6 Å². The van der Waals surface area contributed by atoms with E-state index < -0.39 is 11.9 Å². The molecule has 1 amide bonds. The third-order valence-electron chi connectivity index (χ3n) is 3.89. The van der Waals surface area contributed by atoms with Crippen LogP contribution >= 0.6 is 0 Å². The van der Waals surface area contributed by atoms with Gasteiger partial charge >= 0.3 is 5.97 Å². The van der Waals surface area contributed by atoms with E-state index >= 15 is 0 Å². The Hall–Kier alpha value is -2.66. The fourth-order valence-corrected chi connectivity index (χ4v) is 2.63. The van der Waals surface area contributed by atoms with Crippen LogP contribution in [0.25, 0.3) is 0 Å². The molecule has 1 atom stereocenters. The molecule has 0 saturated heterocycles. The normalized spacial score (nSPS) is 11.7. The first-order chi connectivity index (χ1) is 12.1. The SMILES string of the molecule is COCc1cccc(CC(=O)NCC(Cc2ccccc2)C(=O)O)c1. The van der Waals surface area contributed by atoms with Crippen LogP contribution in [0.2, 0.25) is 0 Å². The molecular formula is C20H23NO4. The Kier molecular flexibility index (Phi) is 7.16. The molecule has 25 heavy (non-hydrogen) atoms. The lowest BCUT2D eigenvalue weighted by Crippen LogP contribution is -2.34. The zero-order valence-corrected chi connectivity index (χ0v) is 14.3. The van der Waals surface area contributed by atoms with E-state index in [0.29, 0.717) is 13.0 Å². The van der Waals surface area contributed by atoms with E-state index in [9.17, 15) is 14.7 Å². The van der Waals surface area contributed by atoms with Crippen LogP contribution in [0.4, 0.5) is 0 Å². The second-order valence-corrected chi connectivity index (χ2v) is 5.96. The van der Waals surface area contributed by atoms with E-state index in [0.717, 1.165) is 16.7 Å². The molecule has 0 saturated carbocycles. The Balaban J connectivity index is 1.88. The molecule has 0 heterocycles. The summed E-state index contributed by atoms with van der Waals surface area (Å²) in [6, 6.07) is 17.0. The quantitative estimate of drug-likeness (QED) is 0.734. The van der Waals surface area contributed by atoms with Gasteiger partial charge in [0.05, 0.1) is 18.9 Å². The molecule has 0 aromatic heterocycles. The number of nitrogens with one attached hydrogen (secondary N) is 1. The molecule has 132 valence electrons. The largest absolute Gasteiger partial charge is 0.481 e. The van der Waals surface area contributed by atoms with Crippen molar-refractivity contribution in [1.82, 2.24) is 5.32 Å². The highest BCUT2D eigenvalue weighted by Crippen LogP contribution is 2.10. The van der Waals surface area contributed by atoms with Crippen molar-refractivity contribution >= 4 is 11.9 Å². The zero-order chi connectivity index (χ0) is 18.1. The molecule has 0 spiro atoms. The number of hydrogen-bond acceptors (Lipinski definition) is 3. The second-order valence-electron chi connectivity index (χ2n) is 5.96. The fraction of sp³-hybridized carbons (Fsp3) is 0.300. The Bertz CT molecular complexity index is 700. The van der Waals surface area contributed by atoms with Gasteiger partial charge in [0, 0.05) is 13.7 Å². The van der Waals surface area contributed by atoms with Crippen molar-refractivity contribution < 1.29 is 19.4 Å². The van der Waals surface area contributed by atoms with Crippen LogP contribution < -0.4 is 5.32 Å². The van der Waals surface area contributed by atoms with Gasteiger partial charge in [0.25, 0.3) is 0 Å². The third kappa shape index (κ3) is 6.39. The van der Waals surface area contributed by atoms with Crippen LogP contribution in [-0.4, -0.2) is 30.6 Å². The minimum Gasteiger partial charge on any atom is -0.481 e. The van der Waals surface area contributed by atoms with Crippen LogP contribution in [-0.2, 0) is 33.8 Å². The Morgan fingerprint density at radius 3 is 2.40 bits per heavy atom. The monoisotopic (exact) mass is 341 g/mol. The second kappa shape index (κ2) is 9.59. The van der Waals surface area contributed by atoms with E-state index in [2.05, 4.69) is 5.32 Å². The number of carbonyl (C=O) groups excluding carboxylic acids is 1. The summed E-state index contributed by atoms with van der Waals surface area (Å²) in [7, 11) is 1.62. The van der Waals surface area contributed by atoms with Gasteiger partial charge in [0.2, 0.25) is 5.91 Å². The summed E-state index contributed by atoms with van der Waals surface area (Å²) in [6.45, 7) is 0.606. The molecule has 5 heteroatoms. The van der Waals surface area contributed by atoms with Gasteiger partial charge < -0.3 is 15.2 Å². The van der Waals surface area contributed by atoms with E-state index in [-0.39, 0.29) is 18.9 Å². The number of hydrogen-bond donors (Lipinski definition) is 2. The predicted molar refractivity (Wildman–Crippen MR) is 95.1 cm³/mol. The van der Waals surface area contributed by atoms with Gasteiger partial charge in [-0.25, -0.2) is 0 Å². The first-order valence-electron chi connectivity index (χ1n) is 8.18. The minimum atomic E-state index is -0.911. The maximum atomic E-state index is 12.1. The Morgan fingerprint density at radius 1 is 1.04 bits per heavy atom. The van der Waals surface area contributed by atoms with Crippen molar-refractivity contribution in [3.05, 3.63) is 71.3 Å². The van der Waals surface area contributed by atoms with Crippen LogP contribution in [0.3, 0.4) is 0 Å². The zero-order valence-electron chi connectivity index (χ0n) is 14.3. The van der Waals surface area contributed by atoms with Crippen LogP contribution in [0.5, 0.6) is 0 Å². The van der Waals surface area contributed by atoms with E-state index in [1.54, 1.807) is 7.11 Å². The Morgan fingerprint density at radius 2 is 1.72 bits per heavy atom. The van der Waals surface area contributed by atoms with Gasteiger partial charge in [-0.3, -0.25) is 9.59 Å². The number of ether oxygens (including phenoxy) is 1. The highest BCUT2D eigenvalue weighted by Gasteiger charge is 2.19. The highest BCUT2D eigenvalue weighted by atomic mass is 16.5. The summed E-state index contributed by atoms with van der Waals surface area (Å²) in [4.78, 5) is 23.6. The summed E-state index contributed by atoms with van der Waals surface area (Å²) >= 11 is 0. The van der Waals surface area contributed by atoms with Gasteiger partial charge in [-0.1, -0.05) is 54.6 Å². The average molecular weight is 341 g/mol. The van der Waals surface area contributed by atoms with Crippen molar-refractivity contribution in [3.8, 4) is 0 Å². The van der Waals surface area contributed by atoms with Crippen LogP contribution in [0.15, 0.2) is 54.6 Å². The summed E-state index contributed by atoms with van der Waals surface area (Å²) < 4.78 is 5.08. The lowest BCUT2D eigenvalue weighted by atomic mass is 9.99. The first kappa shape index (κ1) is 18.7. The van der Waals surface area contributed by atoms with E-state index in [1.165, 1.54) is 0 Å². The summed E-state index contributed by atoms with van der Waals surface area (Å²) in [6.07, 6.45) is 0.606. The predicted octanol–water partition coefficient (Wildman–Crippen LogP) is 2.44. The molecule has 0 fully saturated rings. The average Bonchev–Trinajstić information content (AvgIpc) is 2.60. The maximum absolute atomic E-state index is 12.1. The number of carboxylic acid groups (broad SMARTS) is 1. The summed E-state index contributed by atoms with van der Waals surface area (Å²) in [5, 5.41) is 12.1. The Labute approximate surface area is 147 Å². The van der Waals surface area contributed by atoms with E-state index in [4.69, 9.17) is 4.74 Å². The molecule has 2 aromatic rings. The molecule has 2 rings (SSSR count). The molecule has 0 radical (unpaired) electrons. The number of aliphatic carboxylic acids is 1. The maximum Gasteiger partial charge on any atom is 0.308 e. The number of rotatable bonds is 9. The van der Waals surface area contributed by atoms with Crippen molar-refractivity contribution in [3.63, 3.8) is 0 Å². The third-order valence-corrected chi connectivity index (χ3v) is 3.89. The van der Waals surface area contributed by atoms with Crippen molar-refractivity contribution in [2.24, 2.45) is 5.92 Å². The lowest BCUT2D eigenvalue weighted by Gasteiger charge is -2.14. The standard InChI is InChI=1S/C20H23NO4/c1-25-14-17-9-5-8-16(10-17)12-19(22)21-13-18(20(23)24)11-15-6-3-2-4-7-15/h2-10,18H,11-14H2,1H3,(H,21,22)(H,23,24). The molecule has 0 bridgehead atoms. The van der Waals surface area contributed by atoms with Crippen molar-refractivity contribution in [1.29, 1.82) is 0 Å². The molecule has 0 aliphatic carbocycles. The van der Waals surface area contributed by atoms with Gasteiger partial charge in [-0.2, -0.15) is 0 Å². The smallest absolute Gasteiger partial charge is 0.308 e. The van der Waals surface area contributed by atoms with Gasteiger partial charge in [0.1, 0.15) is 0 Å². The lowest BCUT2D eigenvalue weighted by molar-refractivity contribution is -0.141. The highest BCUT2D eigenvalue weighted by molar-refractivity contribution is 5.79. The summed E-state index contributed by atoms with van der Waals surface area (Å²) in [5.41, 5.74) is 2.82. The molecule has 1 unspecified atom stereocenters. The van der Waals surface area contributed by atoms with Crippen LogP contribution in [0.1, 0.15) is 16.7 Å². The molecule has 0 aliphatic rings. The number of carboxylic acids is 1. The van der Waals surface area contributed by atoms with Crippen molar-refractivity contribution in [2.45, 2.75) is 19.4 Å². The molecular weight excluding hydrogens is 318 g/mol. The van der Waals surface area contributed by atoms with Gasteiger partial charge in [-0.05, 0) is 23.1 Å². The number of carbonyl (C=O) groups is 2. The van der Waals surface area contributed by atoms with Crippen LogP contribution in [0, 0.1) is 5.92 Å². The minimum absolute atomic E-state index is 0.112.